The van der Waals surface area contributed by atoms with E-state index in [1.807, 2.05) is 73.7 Å². The summed E-state index contributed by atoms with van der Waals surface area (Å²) in [5.74, 6) is 0.354. The second kappa shape index (κ2) is 25.2. The van der Waals surface area contributed by atoms with Crippen molar-refractivity contribution in [3.8, 4) is 16.9 Å². The molecule has 13 heteroatoms. The molecule has 4 N–H and O–H groups in total. The molecule has 3 aromatic carbocycles. The van der Waals surface area contributed by atoms with Gasteiger partial charge in [0.25, 0.3) is 0 Å². The molecule has 0 aliphatic heterocycles. The van der Waals surface area contributed by atoms with Crippen molar-refractivity contribution in [3.63, 3.8) is 0 Å². The molecule has 1 heterocycles. The molecule has 13 nitrogen and oxygen atoms in total. The molecule has 0 saturated carbocycles. The fourth-order valence-corrected chi connectivity index (χ4v) is 5.74. The number of fused-ring (bicyclic) bond motifs is 1. The third-order valence-corrected chi connectivity index (χ3v) is 8.87. The predicted molar refractivity (Wildman–Crippen MR) is 220 cm³/mol. The number of rotatable bonds is 28. The molecule has 0 spiro atoms. The maximum atomic E-state index is 12.7. The van der Waals surface area contributed by atoms with Crippen LogP contribution in [0.2, 0.25) is 0 Å². The van der Waals surface area contributed by atoms with E-state index in [1.165, 1.54) is 0 Å². The second-order valence-corrected chi connectivity index (χ2v) is 14.1. The third-order valence-electron chi connectivity index (χ3n) is 8.87. The summed E-state index contributed by atoms with van der Waals surface area (Å²) in [5.41, 5.74) is 3.67. The number of carbonyl (C=O) groups is 3. The highest BCUT2D eigenvalue weighted by molar-refractivity contribution is 5.88. The number of pyridine rings is 1. The van der Waals surface area contributed by atoms with Gasteiger partial charge in [-0.1, -0.05) is 56.3 Å². The van der Waals surface area contributed by atoms with Gasteiger partial charge in [-0.05, 0) is 89.0 Å². The van der Waals surface area contributed by atoms with Crippen LogP contribution in [0.3, 0.4) is 0 Å². The number of anilines is 1. The summed E-state index contributed by atoms with van der Waals surface area (Å²) in [4.78, 5) is 40.9. The summed E-state index contributed by atoms with van der Waals surface area (Å²) in [7, 11) is 0. The Kier molecular flexibility index (Phi) is 19.8. The van der Waals surface area contributed by atoms with Gasteiger partial charge in [0, 0.05) is 25.8 Å². The smallest absolute Gasteiger partial charge is 0.305 e. The summed E-state index contributed by atoms with van der Waals surface area (Å²) in [5, 5.41) is 20.2. The van der Waals surface area contributed by atoms with E-state index in [-0.39, 0.29) is 25.3 Å². The van der Waals surface area contributed by atoms with E-state index in [4.69, 9.17) is 23.7 Å². The van der Waals surface area contributed by atoms with Crippen molar-refractivity contribution >= 4 is 34.4 Å². The minimum Gasteiger partial charge on any atom is -0.491 e. The topological polar surface area (TPSA) is 167 Å². The van der Waals surface area contributed by atoms with Gasteiger partial charge in [0.1, 0.15) is 18.2 Å². The normalized spacial score (nSPS) is 11.7. The quantitative estimate of drug-likeness (QED) is 0.0475. The first-order chi connectivity index (χ1) is 27.7. The Balaban J connectivity index is 1.14. The highest BCUT2D eigenvalue weighted by Gasteiger charge is 2.19. The van der Waals surface area contributed by atoms with Gasteiger partial charge in [0.15, 0.2) is 0 Å². The number of hydrogen-bond donors (Lipinski definition) is 4. The van der Waals surface area contributed by atoms with E-state index in [1.54, 1.807) is 6.20 Å². The molecule has 0 aliphatic rings. The highest BCUT2D eigenvalue weighted by Crippen LogP contribution is 2.28. The molecule has 1 aromatic heterocycles. The SMILES string of the molecule is Cc1ccnc(NCCCC(=O)NCC(=O)N[C@@H](CC(=O)O)c2ccc(-c3ccc4cc(OCCOCCOCCOCCOCCC(C)C)ccc4c3)cc2)c1. The zero-order valence-electron chi connectivity index (χ0n) is 33.4. The molecule has 2 amide bonds. The van der Waals surface area contributed by atoms with Crippen molar-refractivity contribution in [2.45, 2.75) is 52.5 Å². The van der Waals surface area contributed by atoms with Crippen LogP contribution in [0.5, 0.6) is 5.75 Å². The number of ether oxygens (including phenoxy) is 5. The van der Waals surface area contributed by atoms with Gasteiger partial charge in [-0.2, -0.15) is 0 Å². The van der Waals surface area contributed by atoms with E-state index in [2.05, 4.69) is 40.8 Å². The molecule has 0 aliphatic carbocycles. The molecular formula is C44H58N4O9. The molecule has 4 aromatic rings. The van der Waals surface area contributed by atoms with E-state index in [9.17, 15) is 19.5 Å². The van der Waals surface area contributed by atoms with Gasteiger partial charge in [0.2, 0.25) is 11.8 Å². The molecule has 4 rings (SSSR count). The van der Waals surface area contributed by atoms with Gasteiger partial charge >= 0.3 is 5.97 Å². The first kappa shape index (κ1) is 44.6. The number of carboxylic acids is 1. The summed E-state index contributed by atoms with van der Waals surface area (Å²) in [6.45, 7) is 11.5. The molecule has 0 unspecified atom stereocenters. The maximum absolute atomic E-state index is 12.7. The monoisotopic (exact) mass is 786 g/mol. The largest absolute Gasteiger partial charge is 0.491 e. The van der Waals surface area contributed by atoms with Crippen LogP contribution in [0.15, 0.2) is 79.0 Å². The second-order valence-electron chi connectivity index (χ2n) is 14.1. The van der Waals surface area contributed by atoms with Crippen LogP contribution in [0, 0.1) is 12.8 Å². The number of nitrogens with one attached hydrogen (secondary N) is 3. The van der Waals surface area contributed by atoms with Gasteiger partial charge in [-0.25, -0.2) is 4.98 Å². The van der Waals surface area contributed by atoms with Crippen LogP contribution in [-0.2, 0) is 33.3 Å². The predicted octanol–water partition coefficient (Wildman–Crippen LogP) is 6.34. The highest BCUT2D eigenvalue weighted by atomic mass is 16.6. The zero-order valence-corrected chi connectivity index (χ0v) is 33.4. The summed E-state index contributed by atoms with van der Waals surface area (Å²) < 4.78 is 28.1. The lowest BCUT2D eigenvalue weighted by Gasteiger charge is -2.18. The van der Waals surface area contributed by atoms with Crippen molar-refractivity contribution in [3.05, 3.63) is 90.1 Å². The number of aliphatic carboxylic acids is 1. The molecule has 0 saturated heterocycles. The lowest BCUT2D eigenvalue weighted by Crippen LogP contribution is -2.39. The molecular weight excluding hydrogens is 729 g/mol. The molecule has 0 radical (unpaired) electrons. The fourth-order valence-electron chi connectivity index (χ4n) is 5.74. The third kappa shape index (κ3) is 17.7. The standard InChI is InChI=1S/C44H58N4O9/c1-32(2)15-18-53-19-20-54-21-22-55-23-24-56-25-26-57-39-13-12-37-28-36(10-11-38(37)29-39)34-6-8-35(9-7-34)40(30-44(51)52)48-43(50)31-47-42(49)5-4-16-45-41-27-33(3)14-17-46-41/h6-14,17,27-29,32,40H,4-5,15-16,18-26,30-31H2,1-3H3,(H,45,46)(H,47,49)(H,48,50)(H,51,52)/t40-/m0/s1. The van der Waals surface area contributed by atoms with Crippen LogP contribution in [0.4, 0.5) is 5.82 Å². The van der Waals surface area contributed by atoms with Crippen molar-refractivity contribution < 1.29 is 43.2 Å². The Morgan fingerprint density at radius 2 is 1.35 bits per heavy atom. The van der Waals surface area contributed by atoms with Crippen LogP contribution in [0.1, 0.15) is 56.7 Å². The van der Waals surface area contributed by atoms with Crippen molar-refractivity contribution in [2.75, 3.05) is 77.9 Å². The number of aromatic nitrogens is 1. The van der Waals surface area contributed by atoms with Crippen molar-refractivity contribution in [1.29, 1.82) is 0 Å². The summed E-state index contributed by atoms with van der Waals surface area (Å²) in [6, 6.07) is 22.6. The number of nitrogens with zero attached hydrogens (tertiary/aromatic N) is 1. The fraction of sp³-hybridized carbons (Fsp3) is 0.455. The van der Waals surface area contributed by atoms with E-state index in [0.717, 1.165) is 52.1 Å². The Morgan fingerprint density at radius 3 is 2.02 bits per heavy atom. The number of benzene rings is 3. The number of amides is 2. The average Bonchev–Trinajstić information content (AvgIpc) is 3.19. The number of aryl methyl sites for hydroxylation is 1. The lowest BCUT2D eigenvalue weighted by atomic mass is 9.97. The summed E-state index contributed by atoms with van der Waals surface area (Å²) in [6.07, 6.45) is 3.27. The lowest BCUT2D eigenvalue weighted by molar-refractivity contribution is -0.138. The minimum absolute atomic E-state index is 0.232. The van der Waals surface area contributed by atoms with Crippen LogP contribution < -0.4 is 20.7 Å². The van der Waals surface area contributed by atoms with Gasteiger partial charge in [0.05, 0.1) is 65.3 Å². The van der Waals surface area contributed by atoms with Crippen molar-refractivity contribution in [2.24, 2.45) is 5.92 Å². The first-order valence-electron chi connectivity index (χ1n) is 19.7. The van der Waals surface area contributed by atoms with E-state index < -0.39 is 17.9 Å². The van der Waals surface area contributed by atoms with Gasteiger partial charge in [-0.15, -0.1) is 0 Å². The van der Waals surface area contributed by atoms with Crippen LogP contribution in [0.25, 0.3) is 21.9 Å². The van der Waals surface area contributed by atoms with Gasteiger partial charge in [-0.3, -0.25) is 14.4 Å². The Bertz CT molecular complexity index is 1820. The van der Waals surface area contributed by atoms with Crippen molar-refractivity contribution in [1.82, 2.24) is 15.6 Å². The Morgan fingerprint density at radius 1 is 0.719 bits per heavy atom. The number of hydrogen-bond acceptors (Lipinski definition) is 10. The van der Waals surface area contributed by atoms with Crippen LogP contribution in [-0.4, -0.2) is 100 Å². The maximum Gasteiger partial charge on any atom is 0.305 e. The number of carbonyl (C=O) groups excluding carboxylic acids is 2. The molecule has 57 heavy (non-hydrogen) atoms. The summed E-state index contributed by atoms with van der Waals surface area (Å²) >= 11 is 0. The molecule has 308 valence electrons. The first-order valence-corrected chi connectivity index (χ1v) is 19.7. The van der Waals surface area contributed by atoms with E-state index in [0.29, 0.717) is 77.3 Å². The zero-order chi connectivity index (χ0) is 40.7. The molecule has 0 fully saturated rings. The van der Waals surface area contributed by atoms with E-state index >= 15 is 0 Å². The van der Waals surface area contributed by atoms with Crippen LogP contribution >= 0.6 is 0 Å². The Labute approximate surface area is 335 Å². The average molecular weight is 787 g/mol. The molecule has 1 atom stereocenters. The number of carboxylic acid groups (broad SMARTS) is 1. The van der Waals surface area contributed by atoms with Gasteiger partial charge < -0.3 is 44.7 Å². The minimum atomic E-state index is -1.05. The molecule has 0 bridgehead atoms. The Hall–Kier alpha value is -5.08.